The fourth-order valence-corrected chi connectivity index (χ4v) is 4.38. The van der Waals surface area contributed by atoms with Gasteiger partial charge in [-0.3, -0.25) is 14.4 Å². The molecule has 2 heterocycles. The van der Waals surface area contributed by atoms with Gasteiger partial charge < -0.3 is 37.1 Å². The van der Waals surface area contributed by atoms with E-state index in [0.717, 1.165) is 16.5 Å². The highest BCUT2D eigenvalue weighted by Gasteiger charge is 2.34. The van der Waals surface area contributed by atoms with Crippen molar-refractivity contribution in [2.24, 2.45) is 11.5 Å². The second kappa shape index (κ2) is 12.3. The number of hydrogen-bond donors (Lipinski definition) is 6. The fourth-order valence-electron chi connectivity index (χ4n) is 4.38. The van der Waals surface area contributed by atoms with E-state index >= 15 is 0 Å². The molecule has 0 saturated carbocycles. The lowest BCUT2D eigenvalue weighted by atomic mass is 10.0. The van der Waals surface area contributed by atoms with Crippen LogP contribution >= 0.6 is 0 Å². The van der Waals surface area contributed by atoms with Crippen LogP contribution in [-0.4, -0.2) is 76.4 Å². The first kappa shape index (κ1) is 26.2. The lowest BCUT2D eigenvalue weighted by molar-refractivity contribution is -0.148. The molecule has 35 heavy (non-hydrogen) atoms. The molecule has 3 amide bonds. The van der Waals surface area contributed by atoms with E-state index < -0.39 is 41.8 Å². The number of hydrogen-bond acceptors (Lipinski definition) is 6. The number of aromatic amines is 1. The van der Waals surface area contributed by atoms with Crippen LogP contribution in [0.15, 0.2) is 30.5 Å². The highest BCUT2D eigenvalue weighted by molar-refractivity contribution is 5.93. The van der Waals surface area contributed by atoms with Gasteiger partial charge in [0.15, 0.2) is 0 Å². The van der Waals surface area contributed by atoms with Crippen molar-refractivity contribution in [2.75, 3.05) is 19.6 Å². The van der Waals surface area contributed by atoms with Gasteiger partial charge in [-0.2, -0.15) is 0 Å². The zero-order valence-electron chi connectivity index (χ0n) is 19.7. The zero-order valence-corrected chi connectivity index (χ0v) is 19.7. The van der Waals surface area contributed by atoms with Crippen molar-refractivity contribution in [3.05, 3.63) is 36.0 Å². The van der Waals surface area contributed by atoms with E-state index in [0.29, 0.717) is 45.2 Å². The number of carbonyl (C=O) groups excluding carboxylic acids is 3. The predicted octanol–water partition coefficient (Wildman–Crippen LogP) is -0.157. The van der Waals surface area contributed by atoms with Gasteiger partial charge in [-0.1, -0.05) is 18.2 Å². The minimum atomic E-state index is -1.06. The first-order valence-corrected chi connectivity index (χ1v) is 11.9. The number of benzene rings is 1. The number of rotatable bonds is 12. The van der Waals surface area contributed by atoms with E-state index in [1.165, 1.54) is 4.90 Å². The second-order valence-electron chi connectivity index (χ2n) is 8.82. The van der Waals surface area contributed by atoms with Crippen molar-refractivity contribution in [3.63, 3.8) is 0 Å². The molecule has 1 saturated heterocycles. The quantitative estimate of drug-likeness (QED) is 0.225. The number of nitrogens with two attached hydrogens (primary N) is 2. The maximum atomic E-state index is 12.8. The van der Waals surface area contributed by atoms with E-state index in [9.17, 15) is 24.3 Å². The number of aromatic nitrogens is 1. The van der Waals surface area contributed by atoms with Crippen LogP contribution in [0.4, 0.5) is 0 Å². The highest BCUT2D eigenvalue weighted by atomic mass is 16.4. The van der Waals surface area contributed by atoms with Crippen molar-refractivity contribution in [1.82, 2.24) is 20.5 Å². The molecule has 1 fully saturated rings. The lowest BCUT2D eigenvalue weighted by Crippen LogP contribution is -2.53. The number of aliphatic carboxylic acids is 1. The van der Waals surface area contributed by atoms with Gasteiger partial charge in [0.2, 0.25) is 17.7 Å². The molecule has 0 spiro atoms. The average Bonchev–Trinajstić information content (AvgIpc) is 3.49. The van der Waals surface area contributed by atoms with Crippen LogP contribution in [0.5, 0.6) is 0 Å². The summed E-state index contributed by atoms with van der Waals surface area (Å²) >= 11 is 0. The zero-order chi connectivity index (χ0) is 25.4. The summed E-state index contributed by atoms with van der Waals surface area (Å²) in [6, 6.07) is 5.07. The molecule has 0 aliphatic carbocycles. The minimum absolute atomic E-state index is 0.289. The Morgan fingerprint density at radius 1 is 1.17 bits per heavy atom. The fraction of sp³-hybridized carbons (Fsp3) is 0.500. The molecule has 8 N–H and O–H groups in total. The topological polar surface area (TPSA) is 184 Å². The van der Waals surface area contributed by atoms with Crippen LogP contribution < -0.4 is 22.1 Å². The molecule has 1 aromatic carbocycles. The number of nitrogens with zero attached hydrogens (tertiary/aromatic N) is 1. The molecule has 0 radical (unpaired) electrons. The van der Waals surface area contributed by atoms with Gasteiger partial charge in [0.1, 0.15) is 12.1 Å². The number of H-pyrrole nitrogens is 1. The Morgan fingerprint density at radius 2 is 1.94 bits per heavy atom. The van der Waals surface area contributed by atoms with Gasteiger partial charge in [-0.05, 0) is 56.7 Å². The van der Waals surface area contributed by atoms with Gasteiger partial charge in [-0.15, -0.1) is 0 Å². The summed E-state index contributed by atoms with van der Waals surface area (Å²) in [5, 5.41) is 15.5. The smallest absolute Gasteiger partial charge is 0.326 e. The molecule has 1 aliphatic rings. The average molecular weight is 487 g/mol. The summed E-state index contributed by atoms with van der Waals surface area (Å²) in [5.41, 5.74) is 13.6. The molecule has 11 nitrogen and oxygen atoms in total. The molecule has 3 unspecified atom stereocenters. The Morgan fingerprint density at radius 3 is 2.69 bits per heavy atom. The van der Waals surface area contributed by atoms with Crippen LogP contribution in [0.25, 0.3) is 10.9 Å². The third-order valence-electron chi connectivity index (χ3n) is 6.30. The van der Waals surface area contributed by atoms with Crippen molar-refractivity contribution in [1.29, 1.82) is 0 Å². The third kappa shape index (κ3) is 6.80. The normalized spacial score (nSPS) is 17.2. The largest absolute Gasteiger partial charge is 0.480 e. The van der Waals surface area contributed by atoms with Gasteiger partial charge in [0.05, 0.1) is 12.6 Å². The number of amides is 3. The predicted molar refractivity (Wildman–Crippen MR) is 130 cm³/mol. The maximum Gasteiger partial charge on any atom is 0.326 e. The number of para-hydroxylation sites is 1. The van der Waals surface area contributed by atoms with Gasteiger partial charge in [0, 0.05) is 23.6 Å². The number of nitrogens with one attached hydrogen (secondary N) is 3. The number of carboxylic acids is 1. The van der Waals surface area contributed by atoms with Crippen molar-refractivity contribution >= 4 is 34.6 Å². The molecule has 0 bridgehead atoms. The summed E-state index contributed by atoms with van der Waals surface area (Å²) in [6.45, 7) is 0.449. The van der Waals surface area contributed by atoms with Gasteiger partial charge in [-0.25, -0.2) is 4.79 Å². The summed E-state index contributed by atoms with van der Waals surface area (Å²) in [7, 11) is 0. The molecule has 2 aromatic rings. The maximum absolute atomic E-state index is 12.8. The van der Waals surface area contributed by atoms with Crippen LogP contribution in [0, 0.1) is 0 Å². The molecule has 190 valence electrons. The van der Waals surface area contributed by atoms with Gasteiger partial charge in [0.25, 0.3) is 0 Å². The Labute approximate surface area is 203 Å². The first-order chi connectivity index (χ1) is 16.8. The number of carboxylic acid groups (broad SMARTS) is 1. The van der Waals surface area contributed by atoms with E-state index in [2.05, 4.69) is 15.6 Å². The molecule has 1 aromatic heterocycles. The number of fused-ring (bicyclic) bond motifs is 1. The van der Waals surface area contributed by atoms with E-state index in [1.807, 2.05) is 30.5 Å². The Kier molecular flexibility index (Phi) is 9.21. The van der Waals surface area contributed by atoms with E-state index in [-0.39, 0.29) is 13.0 Å². The molecule has 11 heteroatoms. The number of likely N-dealkylation sites (tertiary alicyclic amines) is 1. The van der Waals surface area contributed by atoms with Crippen LogP contribution in [0.2, 0.25) is 0 Å². The van der Waals surface area contributed by atoms with Crippen molar-refractivity contribution in [3.8, 4) is 0 Å². The Bertz CT molecular complexity index is 1050. The SMILES string of the molecule is NCCCCC(NC(=O)C(N)Cc1c[nH]c2ccccc12)C(=O)NCC(=O)N1CCCC1C(=O)O. The lowest BCUT2D eigenvalue weighted by Gasteiger charge is -2.23. The summed E-state index contributed by atoms with van der Waals surface area (Å²) in [5.74, 6) is -2.52. The Balaban J connectivity index is 1.58. The second-order valence-corrected chi connectivity index (χ2v) is 8.82. The van der Waals surface area contributed by atoms with E-state index in [1.54, 1.807) is 0 Å². The van der Waals surface area contributed by atoms with Crippen molar-refractivity contribution < 1.29 is 24.3 Å². The van der Waals surface area contributed by atoms with E-state index in [4.69, 9.17) is 11.5 Å². The minimum Gasteiger partial charge on any atom is -0.480 e. The van der Waals surface area contributed by atoms with Gasteiger partial charge >= 0.3 is 5.97 Å². The highest BCUT2D eigenvalue weighted by Crippen LogP contribution is 2.19. The van der Waals surface area contributed by atoms with Crippen LogP contribution in [0.3, 0.4) is 0 Å². The summed E-state index contributed by atoms with van der Waals surface area (Å²) < 4.78 is 0. The molecular weight excluding hydrogens is 452 g/mol. The first-order valence-electron chi connectivity index (χ1n) is 11.9. The Hall–Kier alpha value is -3.44. The standard InChI is InChI=1S/C24H34N6O5/c25-10-4-3-8-19(23(33)28-14-21(31)30-11-5-9-20(30)24(34)35)29-22(32)17(26)12-15-13-27-18-7-2-1-6-16(15)18/h1-2,6-7,13,17,19-20,27H,3-5,8-12,14,25-26H2,(H,28,33)(H,29,32)(H,34,35). The molecule has 3 rings (SSSR count). The molecule has 3 atom stereocenters. The van der Waals surface area contributed by atoms with Crippen LogP contribution in [0.1, 0.15) is 37.7 Å². The van der Waals surface area contributed by atoms with Crippen molar-refractivity contribution in [2.45, 2.75) is 56.7 Å². The molecular formula is C24H34N6O5. The van der Waals surface area contributed by atoms with Crippen LogP contribution in [-0.2, 0) is 25.6 Å². The number of carbonyl (C=O) groups is 4. The molecule has 1 aliphatic heterocycles. The number of unbranched alkanes of at least 4 members (excludes halogenated alkanes) is 1. The monoisotopic (exact) mass is 486 g/mol. The summed E-state index contributed by atoms with van der Waals surface area (Å²) in [4.78, 5) is 53.9. The summed E-state index contributed by atoms with van der Waals surface area (Å²) in [6.07, 6.45) is 4.71. The third-order valence-corrected chi connectivity index (χ3v) is 6.30.